The molecule has 1 unspecified atom stereocenters. The summed E-state index contributed by atoms with van der Waals surface area (Å²) in [7, 11) is 0. The molecule has 1 fully saturated rings. The second-order valence-electron chi connectivity index (χ2n) is 4.51. The first-order valence-corrected chi connectivity index (χ1v) is 5.76. The van der Waals surface area contributed by atoms with Crippen LogP contribution in [0.25, 0.3) is 11.0 Å². The highest BCUT2D eigenvalue weighted by Gasteiger charge is 2.42. The van der Waals surface area contributed by atoms with Crippen LogP contribution in [0.15, 0.2) is 18.2 Å². The van der Waals surface area contributed by atoms with Crippen molar-refractivity contribution >= 4 is 35.0 Å². The SMILES string of the molecule is Cl.O=C(Nc1ccc2n[nH]nc2c1)C1CC(F)(F)CN1. The smallest absolute Gasteiger partial charge is 0.262 e. The number of fused-ring (bicyclic) bond motifs is 1. The van der Waals surface area contributed by atoms with Gasteiger partial charge >= 0.3 is 0 Å². The lowest BCUT2D eigenvalue weighted by Gasteiger charge is -2.11. The Bertz CT molecular complexity index is 632. The number of carbonyl (C=O) groups is 1. The Morgan fingerprint density at radius 3 is 2.80 bits per heavy atom. The fourth-order valence-corrected chi connectivity index (χ4v) is 2.05. The molecule has 1 saturated heterocycles. The Morgan fingerprint density at radius 2 is 2.10 bits per heavy atom. The number of alkyl halides is 2. The van der Waals surface area contributed by atoms with Crippen molar-refractivity contribution in [2.75, 3.05) is 11.9 Å². The molecule has 20 heavy (non-hydrogen) atoms. The second-order valence-corrected chi connectivity index (χ2v) is 4.51. The van der Waals surface area contributed by atoms with Gasteiger partial charge in [0.15, 0.2) is 0 Å². The van der Waals surface area contributed by atoms with Crippen LogP contribution in [0.2, 0.25) is 0 Å². The van der Waals surface area contributed by atoms with Crippen molar-refractivity contribution in [1.82, 2.24) is 20.7 Å². The summed E-state index contributed by atoms with van der Waals surface area (Å²) in [4.78, 5) is 11.8. The average Bonchev–Trinajstić information content (AvgIpc) is 2.94. The molecule has 0 radical (unpaired) electrons. The number of aromatic amines is 1. The van der Waals surface area contributed by atoms with Crippen LogP contribution in [0.5, 0.6) is 0 Å². The van der Waals surface area contributed by atoms with Gasteiger partial charge in [0.25, 0.3) is 5.92 Å². The predicted octanol–water partition coefficient (Wildman–Crippen LogP) is 1.32. The number of halogens is 3. The number of nitrogens with zero attached hydrogens (tertiary/aromatic N) is 2. The Morgan fingerprint density at radius 1 is 1.35 bits per heavy atom. The van der Waals surface area contributed by atoms with E-state index in [1.54, 1.807) is 18.2 Å². The molecule has 0 aliphatic carbocycles. The minimum Gasteiger partial charge on any atom is -0.325 e. The summed E-state index contributed by atoms with van der Waals surface area (Å²) in [6.07, 6.45) is -0.481. The van der Waals surface area contributed by atoms with Crippen molar-refractivity contribution in [2.24, 2.45) is 0 Å². The number of nitrogens with one attached hydrogen (secondary N) is 3. The van der Waals surface area contributed by atoms with Crippen molar-refractivity contribution in [2.45, 2.75) is 18.4 Å². The number of carbonyl (C=O) groups excluding carboxylic acids is 1. The standard InChI is InChI=1S/C11H11F2N5O.ClH/c12-11(13)4-9(14-5-11)10(19)15-6-1-2-7-8(3-6)17-18-16-7;/h1-3,9,14H,4-5H2,(H,15,19)(H,16,17,18);1H. The monoisotopic (exact) mass is 303 g/mol. The van der Waals surface area contributed by atoms with Crippen molar-refractivity contribution in [3.8, 4) is 0 Å². The van der Waals surface area contributed by atoms with E-state index in [-0.39, 0.29) is 12.4 Å². The van der Waals surface area contributed by atoms with Crippen LogP contribution >= 0.6 is 12.4 Å². The van der Waals surface area contributed by atoms with E-state index in [0.29, 0.717) is 16.7 Å². The molecule has 2 aromatic rings. The quantitative estimate of drug-likeness (QED) is 0.781. The van der Waals surface area contributed by atoms with Crippen LogP contribution in [0.3, 0.4) is 0 Å². The molecule has 0 spiro atoms. The van der Waals surface area contributed by atoms with Gasteiger partial charge in [-0.3, -0.25) is 10.1 Å². The van der Waals surface area contributed by atoms with Gasteiger partial charge in [0.1, 0.15) is 11.0 Å². The van der Waals surface area contributed by atoms with Gasteiger partial charge in [0.2, 0.25) is 5.91 Å². The maximum atomic E-state index is 13.0. The molecule has 1 aliphatic heterocycles. The number of hydrogen-bond donors (Lipinski definition) is 3. The fraction of sp³-hybridized carbons (Fsp3) is 0.364. The van der Waals surface area contributed by atoms with Crippen molar-refractivity contribution in [3.05, 3.63) is 18.2 Å². The first-order valence-electron chi connectivity index (χ1n) is 5.76. The molecule has 1 amide bonds. The molecule has 0 bridgehead atoms. The number of hydrogen-bond acceptors (Lipinski definition) is 4. The van der Waals surface area contributed by atoms with Crippen LogP contribution < -0.4 is 10.6 Å². The summed E-state index contributed by atoms with van der Waals surface area (Å²) in [5.74, 6) is -3.29. The van der Waals surface area contributed by atoms with Gasteiger partial charge in [0.05, 0.1) is 12.6 Å². The molecule has 0 saturated carbocycles. The number of amides is 1. The number of aromatic nitrogens is 3. The van der Waals surface area contributed by atoms with E-state index in [9.17, 15) is 13.6 Å². The topological polar surface area (TPSA) is 82.7 Å². The van der Waals surface area contributed by atoms with Crippen molar-refractivity contribution in [3.63, 3.8) is 0 Å². The fourth-order valence-electron chi connectivity index (χ4n) is 2.05. The van der Waals surface area contributed by atoms with Crippen LogP contribution in [0.1, 0.15) is 6.42 Å². The minimum atomic E-state index is -2.82. The van der Waals surface area contributed by atoms with Gasteiger partial charge in [-0.2, -0.15) is 15.4 Å². The van der Waals surface area contributed by atoms with Crippen LogP contribution in [-0.4, -0.2) is 39.8 Å². The summed E-state index contributed by atoms with van der Waals surface area (Å²) in [6.45, 7) is -0.465. The van der Waals surface area contributed by atoms with Gasteiger partial charge in [-0.25, -0.2) is 8.78 Å². The third kappa shape index (κ3) is 2.86. The molecule has 108 valence electrons. The predicted molar refractivity (Wildman–Crippen MR) is 71.1 cm³/mol. The highest BCUT2D eigenvalue weighted by Crippen LogP contribution is 2.26. The Hall–Kier alpha value is -1.80. The summed E-state index contributed by atoms with van der Waals surface area (Å²) in [5, 5.41) is 15.3. The summed E-state index contributed by atoms with van der Waals surface area (Å²) < 4.78 is 26.0. The molecule has 1 atom stereocenters. The van der Waals surface area contributed by atoms with E-state index >= 15 is 0 Å². The number of benzene rings is 1. The molecule has 3 N–H and O–H groups in total. The number of rotatable bonds is 2. The lowest BCUT2D eigenvalue weighted by molar-refractivity contribution is -0.118. The molecule has 1 aromatic carbocycles. The lowest BCUT2D eigenvalue weighted by Crippen LogP contribution is -2.35. The molecule has 1 aromatic heterocycles. The van der Waals surface area contributed by atoms with E-state index in [0.717, 1.165) is 0 Å². The zero-order valence-corrected chi connectivity index (χ0v) is 11.0. The molecule has 6 nitrogen and oxygen atoms in total. The number of H-pyrrole nitrogens is 1. The molecular weight excluding hydrogens is 292 g/mol. The lowest BCUT2D eigenvalue weighted by atomic mass is 10.2. The Balaban J connectivity index is 0.00000147. The zero-order valence-electron chi connectivity index (χ0n) is 10.2. The van der Waals surface area contributed by atoms with E-state index in [4.69, 9.17) is 0 Å². The normalized spacial score (nSPS) is 20.6. The van der Waals surface area contributed by atoms with Crippen molar-refractivity contribution < 1.29 is 13.6 Å². The molecule has 9 heteroatoms. The molecule has 1 aliphatic rings. The minimum absolute atomic E-state index is 0. The van der Waals surface area contributed by atoms with Crippen LogP contribution in [-0.2, 0) is 4.79 Å². The third-order valence-corrected chi connectivity index (χ3v) is 3.01. The van der Waals surface area contributed by atoms with Gasteiger partial charge < -0.3 is 5.32 Å². The van der Waals surface area contributed by atoms with Gasteiger partial charge in [-0.05, 0) is 18.2 Å². The van der Waals surface area contributed by atoms with Crippen LogP contribution in [0.4, 0.5) is 14.5 Å². The van der Waals surface area contributed by atoms with Gasteiger partial charge in [-0.15, -0.1) is 12.4 Å². The Kier molecular flexibility index (Phi) is 3.87. The van der Waals surface area contributed by atoms with E-state index in [1.807, 2.05) is 0 Å². The van der Waals surface area contributed by atoms with E-state index in [2.05, 4.69) is 26.0 Å². The average molecular weight is 304 g/mol. The van der Waals surface area contributed by atoms with Crippen molar-refractivity contribution in [1.29, 1.82) is 0 Å². The molecular formula is C11H12ClF2N5O. The largest absolute Gasteiger partial charge is 0.325 e. The summed E-state index contributed by atoms with van der Waals surface area (Å²) in [5.41, 5.74) is 1.77. The molecule has 3 rings (SSSR count). The second kappa shape index (κ2) is 5.29. The van der Waals surface area contributed by atoms with Crippen LogP contribution in [0, 0.1) is 0 Å². The first kappa shape index (κ1) is 14.6. The zero-order chi connectivity index (χ0) is 13.5. The molecule has 2 heterocycles. The van der Waals surface area contributed by atoms with Gasteiger partial charge in [0, 0.05) is 12.1 Å². The van der Waals surface area contributed by atoms with E-state index < -0.39 is 30.8 Å². The highest BCUT2D eigenvalue weighted by molar-refractivity contribution is 5.96. The first-order chi connectivity index (χ1) is 9.03. The Labute approximate surface area is 118 Å². The number of anilines is 1. The maximum Gasteiger partial charge on any atom is 0.262 e. The third-order valence-electron chi connectivity index (χ3n) is 3.01. The maximum absolute atomic E-state index is 13.0. The summed E-state index contributed by atoms with van der Waals surface area (Å²) >= 11 is 0. The van der Waals surface area contributed by atoms with Gasteiger partial charge in [-0.1, -0.05) is 0 Å². The highest BCUT2D eigenvalue weighted by atomic mass is 35.5. The summed E-state index contributed by atoms with van der Waals surface area (Å²) in [6, 6.07) is 4.09. The van der Waals surface area contributed by atoms with E-state index in [1.165, 1.54) is 0 Å².